The maximum absolute atomic E-state index is 13.2. The van der Waals surface area contributed by atoms with Crippen LogP contribution in [0.15, 0.2) is 23.8 Å². The van der Waals surface area contributed by atoms with E-state index < -0.39 is 24.0 Å². The molecule has 0 fully saturated rings. The highest BCUT2D eigenvalue weighted by Crippen LogP contribution is 2.39. The van der Waals surface area contributed by atoms with Crippen molar-refractivity contribution in [3.8, 4) is 0 Å². The summed E-state index contributed by atoms with van der Waals surface area (Å²) in [6.07, 6.45) is 0.402. The van der Waals surface area contributed by atoms with Crippen molar-refractivity contribution >= 4 is 0 Å². The van der Waals surface area contributed by atoms with Gasteiger partial charge in [-0.05, 0) is 45.4 Å². The van der Waals surface area contributed by atoms with Crippen molar-refractivity contribution in [3.05, 3.63) is 23.8 Å². The van der Waals surface area contributed by atoms with Crippen molar-refractivity contribution in [2.24, 2.45) is 5.92 Å². The van der Waals surface area contributed by atoms with E-state index in [4.69, 9.17) is 4.74 Å². The first-order valence-electron chi connectivity index (χ1n) is 8.44. The van der Waals surface area contributed by atoms with Gasteiger partial charge >= 0.3 is 6.18 Å². The third-order valence-electron chi connectivity index (χ3n) is 4.69. The second kappa shape index (κ2) is 9.02. The molecule has 6 heteroatoms. The number of alkyl halides is 3. The third-order valence-corrected chi connectivity index (χ3v) is 4.69. The van der Waals surface area contributed by atoms with Gasteiger partial charge in [0.2, 0.25) is 0 Å². The molecule has 0 bridgehead atoms. The summed E-state index contributed by atoms with van der Waals surface area (Å²) in [5.74, 6) is -0.262. The fourth-order valence-corrected chi connectivity index (χ4v) is 2.98. The van der Waals surface area contributed by atoms with Gasteiger partial charge in [-0.25, -0.2) is 0 Å². The quantitative estimate of drug-likeness (QED) is 0.699. The number of rotatable bonds is 1. The van der Waals surface area contributed by atoms with Gasteiger partial charge in [0, 0.05) is 13.0 Å². The molecule has 0 aromatic heterocycles. The molecule has 0 heterocycles. The molecule has 140 valence electrons. The number of hydrogen-bond acceptors (Lipinski definition) is 3. The van der Waals surface area contributed by atoms with Crippen molar-refractivity contribution in [1.29, 1.82) is 0 Å². The third kappa shape index (κ3) is 5.90. The lowest BCUT2D eigenvalue weighted by atomic mass is 9.87. The average molecular weight is 350 g/mol. The smallest absolute Gasteiger partial charge is 0.389 e. The first kappa shape index (κ1) is 21.2. The lowest BCUT2D eigenvalue weighted by Crippen LogP contribution is -2.45. The van der Waals surface area contributed by atoms with E-state index in [-0.39, 0.29) is 25.2 Å². The minimum Gasteiger partial charge on any atom is -0.389 e. The van der Waals surface area contributed by atoms with Crippen LogP contribution in [0.25, 0.3) is 0 Å². The molecular weight excluding hydrogens is 321 g/mol. The maximum Gasteiger partial charge on any atom is 0.417 e. The lowest BCUT2D eigenvalue weighted by molar-refractivity contribution is -0.265. The molecule has 1 aliphatic carbocycles. The summed E-state index contributed by atoms with van der Waals surface area (Å²) in [5.41, 5.74) is -1.92. The summed E-state index contributed by atoms with van der Waals surface area (Å²) in [5, 5.41) is 20.4. The molecule has 3 nitrogen and oxygen atoms in total. The van der Waals surface area contributed by atoms with Crippen LogP contribution in [0.1, 0.15) is 52.4 Å². The Hall–Kier alpha value is -0.850. The second-order valence-corrected chi connectivity index (χ2v) is 6.77. The number of ether oxygens (including phenoxy) is 1. The lowest BCUT2D eigenvalue weighted by Gasteiger charge is -2.31. The summed E-state index contributed by atoms with van der Waals surface area (Å²) in [6.45, 7) is 3.53. The van der Waals surface area contributed by atoms with Gasteiger partial charge in [0.15, 0.2) is 5.60 Å². The molecule has 0 radical (unpaired) electrons. The SMILES string of the molecule is COC1/C=C/CCCCC(O)(C(F)(F)F)CC/C(C)=C\C(C)[C@@H]1O. The van der Waals surface area contributed by atoms with E-state index in [1.165, 1.54) is 7.11 Å². The van der Waals surface area contributed by atoms with E-state index >= 15 is 0 Å². The molecule has 0 aromatic rings. The van der Waals surface area contributed by atoms with Gasteiger partial charge in [0.25, 0.3) is 0 Å². The second-order valence-electron chi connectivity index (χ2n) is 6.77. The Morgan fingerprint density at radius 3 is 2.50 bits per heavy atom. The molecule has 3 unspecified atom stereocenters. The average Bonchev–Trinajstić information content (AvgIpc) is 2.49. The Bertz CT molecular complexity index is 445. The van der Waals surface area contributed by atoms with Gasteiger partial charge in [-0.2, -0.15) is 13.2 Å². The van der Waals surface area contributed by atoms with Crippen LogP contribution in [0.4, 0.5) is 13.2 Å². The van der Waals surface area contributed by atoms with Crippen molar-refractivity contribution in [3.63, 3.8) is 0 Å². The summed E-state index contributed by atoms with van der Waals surface area (Å²) >= 11 is 0. The Kier molecular flexibility index (Phi) is 7.96. The molecule has 0 amide bonds. The molecule has 24 heavy (non-hydrogen) atoms. The number of methoxy groups -OCH3 is 1. The van der Waals surface area contributed by atoms with E-state index in [9.17, 15) is 23.4 Å². The zero-order chi connectivity index (χ0) is 18.4. The highest BCUT2D eigenvalue weighted by atomic mass is 19.4. The van der Waals surface area contributed by atoms with Crippen LogP contribution in [0.3, 0.4) is 0 Å². The van der Waals surface area contributed by atoms with Gasteiger partial charge in [0.1, 0.15) is 6.10 Å². The molecule has 0 spiro atoms. The topological polar surface area (TPSA) is 49.7 Å². The molecule has 2 N–H and O–H groups in total. The molecule has 1 rings (SSSR count). The summed E-state index contributed by atoms with van der Waals surface area (Å²) in [7, 11) is 1.52. The zero-order valence-corrected chi connectivity index (χ0v) is 14.6. The van der Waals surface area contributed by atoms with E-state index in [0.29, 0.717) is 19.3 Å². The zero-order valence-electron chi connectivity index (χ0n) is 14.6. The fourth-order valence-electron chi connectivity index (χ4n) is 2.98. The first-order chi connectivity index (χ1) is 11.1. The van der Waals surface area contributed by atoms with Crippen molar-refractivity contribution in [1.82, 2.24) is 0 Å². The Morgan fingerprint density at radius 2 is 1.92 bits per heavy atom. The van der Waals surface area contributed by atoms with E-state index in [1.807, 2.05) is 6.08 Å². The number of allylic oxidation sites excluding steroid dienone is 2. The van der Waals surface area contributed by atoms with Crippen LogP contribution in [0.2, 0.25) is 0 Å². The van der Waals surface area contributed by atoms with Gasteiger partial charge in [0.05, 0.1) is 6.10 Å². The van der Waals surface area contributed by atoms with E-state index in [0.717, 1.165) is 5.57 Å². The monoisotopic (exact) mass is 350 g/mol. The van der Waals surface area contributed by atoms with Crippen LogP contribution in [-0.4, -0.2) is 41.3 Å². The Labute approximate surface area is 142 Å². The number of hydrogen-bond donors (Lipinski definition) is 2. The van der Waals surface area contributed by atoms with Crippen LogP contribution < -0.4 is 0 Å². The molecule has 0 aromatic carbocycles. The maximum atomic E-state index is 13.2. The standard InChI is InChI=1S/C18H29F3O3/c1-13-9-11-17(23,18(19,20)21)10-7-5-4-6-8-15(24-3)16(22)14(2)12-13/h6,8,12,14-16,22-23H,4-5,7,9-11H2,1-3H3/b8-6+,13-12-/t14?,15?,16-,17?/m0/s1. The summed E-state index contributed by atoms with van der Waals surface area (Å²) in [4.78, 5) is 0. The van der Waals surface area contributed by atoms with Crippen LogP contribution in [-0.2, 0) is 4.74 Å². The van der Waals surface area contributed by atoms with Crippen molar-refractivity contribution < 1.29 is 28.1 Å². The molecular formula is C18H29F3O3. The van der Waals surface area contributed by atoms with Gasteiger partial charge < -0.3 is 14.9 Å². The van der Waals surface area contributed by atoms with Crippen LogP contribution in [0.5, 0.6) is 0 Å². The highest BCUT2D eigenvalue weighted by molar-refractivity contribution is 5.07. The largest absolute Gasteiger partial charge is 0.417 e. The molecule has 0 saturated carbocycles. The number of aliphatic hydroxyl groups is 2. The summed E-state index contributed by atoms with van der Waals surface area (Å²) in [6, 6.07) is 0. The van der Waals surface area contributed by atoms with Crippen molar-refractivity contribution in [2.75, 3.05) is 7.11 Å². The molecule has 0 saturated heterocycles. The minimum absolute atomic E-state index is 0.139. The normalized spacial score (nSPS) is 38.0. The molecule has 4 atom stereocenters. The Morgan fingerprint density at radius 1 is 1.25 bits per heavy atom. The van der Waals surface area contributed by atoms with Gasteiger partial charge in [-0.3, -0.25) is 0 Å². The van der Waals surface area contributed by atoms with Gasteiger partial charge in [-0.1, -0.05) is 30.7 Å². The Balaban J connectivity index is 2.98. The fraction of sp³-hybridized carbons (Fsp3) is 0.778. The summed E-state index contributed by atoms with van der Waals surface area (Å²) < 4.78 is 45.0. The number of halogens is 3. The van der Waals surface area contributed by atoms with E-state index in [2.05, 4.69) is 0 Å². The first-order valence-corrected chi connectivity index (χ1v) is 8.44. The molecule has 1 aliphatic rings. The van der Waals surface area contributed by atoms with Gasteiger partial charge in [-0.15, -0.1) is 0 Å². The van der Waals surface area contributed by atoms with Crippen molar-refractivity contribution in [2.45, 2.75) is 76.4 Å². The predicted octanol–water partition coefficient (Wildman–Crippen LogP) is 4.15. The highest BCUT2D eigenvalue weighted by Gasteiger charge is 2.52. The number of aliphatic hydroxyl groups excluding tert-OH is 1. The van der Waals surface area contributed by atoms with Crippen LogP contribution >= 0.6 is 0 Å². The van der Waals surface area contributed by atoms with E-state index in [1.54, 1.807) is 26.0 Å². The molecule has 0 aliphatic heterocycles. The van der Waals surface area contributed by atoms with Crippen LogP contribution in [0, 0.1) is 5.92 Å². The minimum atomic E-state index is -4.63. The predicted molar refractivity (Wildman–Crippen MR) is 87.6 cm³/mol.